The van der Waals surface area contributed by atoms with Crippen LogP contribution in [0.2, 0.25) is 0 Å². The van der Waals surface area contributed by atoms with Crippen LogP contribution in [0.4, 0.5) is 0 Å². The van der Waals surface area contributed by atoms with Crippen LogP contribution in [0.15, 0.2) is 12.7 Å². The maximum atomic E-state index is 11.5. The number of carbonyl (C=O) groups is 1. The van der Waals surface area contributed by atoms with Gasteiger partial charge in [0.2, 0.25) is 10.0 Å². The summed E-state index contributed by atoms with van der Waals surface area (Å²) in [5.74, 6) is -0.960. The average Bonchev–Trinajstić information content (AvgIpc) is 2.14. The summed E-state index contributed by atoms with van der Waals surface area (Å²) < 4.78 is 24.1. The highest BCUT2D eigenvalue weighted by Gasteiger charge is 2.17. The van der Waals surface area contributed by atoms with Crippen molar-refractivity contribution in [2.75, 3.05) is 19.3 Å². The molecule has 0 aliphatic heterocycles. The quantitative estimate of drug-likeness (QED) is 0.496. The van der Waals surface area contributed by atoms with Crippen LogP contribution in [0, 0.1) is 0 Å². The van der Waals surface area contributed by atoms with Crippen LogP contribution < -0.4 is 0 Å². The number of hydrogen-bond acceptors (Lipinski definition) is 3. The Morgan fingerprint density at radius 3 is 2.60 bits per heavy atom. The predicted octanol–water partition coefficient (Wildman–Crippen LogP) is 0.689. The summed E-state index contributed by atoms with van der Waals surface area (Å²) >= 11 is 0. The monoisotopic (exact) mass is 235 g/mol. The molecule has 88 valence electrons. The number of carboxylic acids is 1. The van der Waals surface area contributed by atoms with E-state index in [1.165, 1.54) is 7.05 Å². The van der Waals surface area contributed by atoms with Gasteiger partial charge in [-0.15, -0.1) is 6.58 Å². The van der Waals surface area contributed by atoms with Gasteiger partial charge in [0.15, 0.2) is 0 Å². The van der Waals surface area contributed by atoms with Crippen LogP contribution in [0.3, 0.4) is 0 Å². The van der Waals surface area contributed by atoms with Gasteiger partial charge in [0.25, 0.3) is 0 Å². The fraction of sp³-hybridized carbons (Fsp3) is 0.667. The molecule has 0 aromatic carbocycles. The molecule has 0 aromatic heterocycles. The van der Waals surface area contributed by atoms with Crippen molar-refractivity contribution >= 4 is 16.0 Å². The van der Waals surface area contributed by atoms with Crippen molar-refractivity contribution in [3.05, 3.63) is 12.7 Å². The predicted molar refractivity (Wildman–Crippen MR) is 58.1 cm³/mol. The zero-order valence-corrected chi connectivity index (χ0v) is 9.66. The lowest BCUT2D eigenvalue weighted by Gasteiger charge is -2.15. The first-order valence-electron chi connectivity index (χ1n) is 4.67. The summed E-state index contributed by atoms with van der Waals surface area (Å²) in [7, 11) is -1.91. The molecular formula is C9H17NO4S. The minimum absolute atomic E-state index is 0.0196. The van der Waals surface area contributed by atoms with E-state index in [0.29, 0.717) is 12.8 Å². The molecule has 15 heavy (non-hydrogen) atoms. The largest absolute Gasteiger partial charge is 0.481 e. The molecule has 0 bridgehead atoms. The maximum absolute atomic E-state index is 11.5. The normalized spacial score (nSPS) is 11.6. The molecule has 0 fully saturated rings. The van der Waals surface area contributed by atoms with Gasteiger partial charge >= 0.3 is 5.97 Å². The van der Waals surface area contributed by atoms with Crippen LogP contribution in [0.5, 0.6) is 0 Å². The van der Waals surface area contributed by atoms with Gasteiger partial charge in [-0.3, -0.25) is 4.79 Å². The van der Waals surface area contributed by atoms with Gasteiger partial charge in [0.05, 0.1) is 12.2 Å². The summed E-state index contributed by atoms with van der Waals surface area (Å²) in [5, 5.41) is 8.41. The minimum atomic E-state index is -3.31. The fourth-order valence-corrected chi connectivity index (χ4v) is 2.17. The van der Waals surface area contributed by atoms with Gasteiger partial charge in [-0.2, -0.15) is 0 Å². The molecule has 1 N–H and O–H groups in total. The number of rotatable bonds is 8. The Kier molecular flexibility index (Phi) is 6.19. The summed E-state index contributed by atoms with van der Waals surface area (Å²) in [6.07, 6.45) is 2.65. The van der Waals surface area contributed by atoms with Crippen LogP contribution in [-0.2, 0) is 14.8 Å². The Bertz CT molecular complexity index is 310. The van der Waals surface area contributed by atoms with Crippen LogP contribution in [-0.4, -0.2) is 43.1 Å². The molecule has 0 rings (SSSR count). The number of aliphatic carboxylic acids is 1. The molecule has 0 saturated carbocycles. The van der Waals surface area contributed by atoms with Gasteiger partial charge in [-0.1, -0.05) is 6.08 Å². The molecular weight excluding hydrogens is 218 g/mol. The van der Waals surface area contributed by atoms with Crippen molar-refractivity contribution in [3.63, 3.8) is 0 Å². The SMILES string of the molecule is C=CCCCS(=O)(=O)N(C)CCC(=O)O. The van der Waals surface area contributed by atoms with Crippen molar-refractivity contribution in [2.24, 2.45) is 0 Å². The Morgan fingerprint density at radius 1 is 1.53 bits per heavy atom. The zero-order valence-electron chi connectivity index (χ0n) is 8.85. The summed E-state index contributed by atoms with van der Waals surface area (Å²) in [4.78, 5) is 10.3. The highest BCUT2D eigenvalue weighted by molar-refractivity contribution is 7.89. The highest BCUT2D eigenvalue weighted by Crippen LogP contribution is 2.03. The Balaban J connectivity index is 4.08. The number of allylic oxidation sites excluding steroid dienone is 1. The number of carboxylic acid groups (broad SMARTS) is 1. The molecule has 0 amide bonds. The van der Waals surface area contributed by atoms with E-state index in [1.807, 2.05) is 0 Å². The maximum Gasteiger partial charge on any atom is 0.304 e. The van der Waals surface area contributed by atoms with Crippen molar-refractivity contribution in [2.45, 2.75) is 19.3 Å². The summed E-state index contributed by atoms with van der Waals surface area (Å²) in [5.41, 5.74) is 0. The second kappa shape index (κ2) is 6.58. The number of sulfonamides is 1. The van der Waals surface area contributed by atoms with Crippen molar-refractivity contribution in [1.29, 1.82) is 0 Å². The van der Waals surface area contributed by atoms with Crippen molar-refractivity contribution < 1.29 is 18.3 Å². The van der Waals surface area contributed by atoms with Gasteiger partial charge in [-0.05, 0) is 12.8 Å². The third-order valence-electron chi connectivity index (χ3n) is 1.93. The first kappa shape index (κ1) is 14.1. The molecule has 0 unspecified atom stereocenters. The lowest BCUT2D eigenvalue weighted by molar-refractivity contribution is -0.137. The van der Waals surface area contributed by atoms with Gasteiger partial charge in [0.1, 0.15) is 0 Å². The molecule has 0 radical (unpaired) electrons. The molecule has 0 heterocycles. The van der Waals surface area contributed by atoms with Gasteiger partial charge < -0.3 is 5.11 Å². The summed E-state index contributed by atoms with van der Waals surface area (Å²) in [6.45, 7) is 3.52. The van der Waals surface area contributed by atoms with E-state index in [4.69, 9.17) is 5.11 Å². The topological polar surface area (TPSA) is 74.7 Å². The molecule has 5 nitrogen and oxygen atoms in total. The van der Waals surface area contributed by atoms with Crippen LogP contribution >= 0.6 is 0 Å². The molecule has 0 atom stereocenters. The van der Waals surface area contributed by atoms with Gasteiger partial charge in [-0.25, -0.2) is 12.7 Å². The molecule has 0 aliphatic rings. The molecule has 0 aromatic rings. The van der Waals surface area contributed by atoms with Crippen LogP contribution in [0.1, 0.15) is 19.3 Å². The fourth-order valence-electron chi connectivity index (χ4n) is 0.958. The van der Waals surface area contributed by atoms with Crippen molar-refractivity contribution in [3.8, 4) is 0 Å². The lowest BCUT2D eigenvalue weighted by atomic mass is 10.3. The smallest absolute Gasteiger partial charge is 0.304 e. The van der Waals surface area contributed by atoms with E-state index in [9.17, 15) is 13.2 Å². The molecule has 0 saturated heterocycles. The lowest BCUT2D eigenvalue weighted by Crippen LogP contribution is -2.31. The minimum Gasteiger partial charge on any atom is -0.481 e. The zero-order chi connectivity index (χ0) is 11.9. The van der Waals surface area contributed by atoms with Crippen LogP contribution in [0.25, 0.3) is 0 Å². The molecule has 6 heteroatoms. The Labute approximate surface area is 90.4 Å². The third kappa shape index (κ3) is 6.24. The van der Waals surface area contributed by atoms with E-state index in [0.717, 1.165) is 4.31 Å². The molecule has 0 aliphatic carbocycles. The first-order chi connectivity index (χ1) is 6.90. The van der Waals surface area contributed by atoms with E-state index >= 15 is 0 Å². The number of hydrogen-bond donors (Lipinski definition) is 1. The first-order valence-corrected chi connectivity index (χ1v) is 6.27. The Hall–Kier alpha value is -0.880. The summed E-state index contributed by atoms with van der Waals surface area (Å²) in [6, 6.07) is 0. The van der Waals surface area contributed by atoms with Crippen molar-refractivity contribution in [1.82, 2.24) is 4.31 Å². The Morgan fingerprint density at radius 2 is 2.13 bits per heavy atom. The number of nitrogens with zero attached hydrogens (tertiary/aromatic N) is 1. The second-order valence-corrected chi connectivity index (χ2v) is 5.41. The van der Waals surface area contributed by atoms with E-state index < -0.39 is 16.0 Å². The van der Waals surface area contributed by atoms with E-state index in [1.54, 1.807) is 6.08 Å². The molecule has 0 spiro atoms. The standard InChI is InChI=1S/C9H17NO4S/c1-3-4-5-8-15(13,14)10(2)7-6-9(11)12/h3H,1,4-8H2,2H3,(H,11,12). The highest BCUT2D eigenvalue weighted by atomic mass is 32.2. The third-order valence-corrected chi connectivity index (χ3v) is 3.86. The van der Waals surface area contributed by atoms with Gasteiger partial charge in [0, 0.05) is 13.6 Å². The number of unbranched alkanes of at least 4 members (excludes halogenated alkanes) is 1. The van der Waals surface area contributed by atoms with E-state index in [2.05, 4.69) is 6.58 Å². The average molecular weight is 235 g/mol. The second-order valence-electron chi connectivity index (χ2n) is 3.21. The van der Waals surface area contributed by atoms with E-state index in [-0.39, 0.29) is 18.7 Å².